The second kappa shape index (κ2) is 2.20. The minimum Gasteiger partial charge on any atom is -0.299 e. The Kier molecular flexibility index (Phi) is 1.41. The van der Waals surface area contributed by atoms with Crippen LogP contribution in [0, 0.1) is 17.8 Å². The van der Waals surface area contributed by atoms with Gasteiger partial charge < -0.3 is 0 Å². The summed E-state index contributed by atoms with van der Waals surface area (Å²) in [7, 11) is 0. The van der Waals surface area contributed by atoms with Gasteiger partial charge in [0.15, 0.2) is 0 Å². The van der Waals surface area contributed by atoms with Crippen molar-refractivity contribution in [3.8, 4) is 0 Å². The normalized spacial score (nSPS) is 35.2. The monoisotopic (exact) mass is 150 g/mol. The van der Waals surface area contributed by atoms with Crippen molar-refractivity contribution in [1.29, 1.82) is 0 Å². The van der Waals surface area contributed by atoms with Gasteiger partial charge in [-0.25, -0.2) is 0 Å². The first-order valence-electron chi connectivity index (χ1n) is 4.44. The molecule has 0 amide bonds. The Morgan fingerprint density at radius 2 is 2.27 bits per heavy atom. The van der Waals surface area contributed by atoms with Crippen molar-refractivity contribution in [3.63, 3.8) is 0 Å². The molecule has 0 aromatic heterocycles. The Bertz CT molecular complexity index is 225. The summed E-state index contributed by atoms with van der Waals surface area (Å²) in [6.45, 7) is 4.35. The highest BCUT2D eigenvalue weighted by atomic mass is 16.1. The Balaban J connectivity index is 2.19. The zero-order chi connectivity index (χ0) is 8.01. The van der Waals surface area contributed by atoms with Gasteiger partial charge in [-0.1, -0.05) is 25.5 Å². The van der Waals surface area contributed by atoms with E-state index in [0.717, 1.165) is 12.8 Å². The number of allylic oxidation sites excluding steroid dienone is 2. The van der Waals surface area contributed by atoms with Gasteiger partial charge in [0.05, 0.1) is 0 Å². The first kappa shape index (κ1) is 7.08. The summed E-state index contributed by atoms with van der Waals surface area (Å²) in [5, 5.41) is 0. The van der Waals surface area contributed by atoms with E-state index in [1.807, 2.05) is 0 Å². The minimum atomic E-state index is 0.343. The fourth-order valence-electron chi connectivity index (χ4n) is 2.27. The second-order valence-electron chi connectivity index (χ2n) is 3.97. The van der Waals surface area contributed by atoms with Crippen molar-refractivity contribution < 1.29 is 4.79 Å². The van der Waals surface area contributed by atoms with E-state index in [1.165, 1.54) is 5.57 Å². The molecule has 2 rings (SSSR count). The first-order valence-corrected chi connectivity index (χ1v) is 4.44. The van der Waals surface area contributed by atoms with Crippen molar-refractivity contribution in [3.05, 3.63) is 11.6 Å². The average Bonchev–Trinajstić information content (AvgIpc) is 2.06. The molecule has 0 aromatic rings. The van der Waals surface area contributed by atoms with E-state index in [-0.39, 0.29) is 0 Å². The standard InChI is InChI=1S/C10H14O/c1-6(2)8-5-7-3-4-9(11)10(7)8/h5-7,10H,3-4H2,1-2H3. The molecule has 1 fully saturated rings. The molecule has 1 heteroatoms. The molecule has 0 saturated heterocycles. The third-order valence-electron chi connectivity index (χ3n) is 2.93. The maximum Gasteiger partial charge on any atom is 0.140 e. The van der Waals surface area contributed by atoms with Crippen LogP contribution in [0.15, 0.2) is 11.6 Å². The highest BCUT2D eigenvalue weighted by Gasteiger charge is 2.42. The fraction of sp³-hybridized carbons (Fsp3) is 0.700. The molecule has 1 nitrogen and oxygen atoms in total. The lowest BCUT2D eigenvalue weighted by Crippen LogP contribution is -2.27. The molecule has 2 aliphatic rings. The molecule has 2 atom stereocenters. The van der Waals surface area contributed by atoms with Crippen LogP contribution >= 0.6 is 0 Å². The van der Waals surface area contributed by atoms with E-state index in [2.05, 4.69) is 19.9 Å². The van der Waals surface area contributed by atoms with Gasteiger partial charge in [-0.05, 0) is 18.3 Å². The first-order chi connectivity index (χ1) is 5.20. The molecule has 0 N–H and O–H groups in total. The molecule has 60 valence electrons. The molecule has 0 aliphatic heterocycles. The Morgan fingerprint density at radius 1 is 1.55 bits per heavy atom. The van der Waals surface area contributed by atoms with Crippen molar-refractivity contribution in [2.45, 2.75) is 26.7 Å². The van der Waals surface area contributed by atoms with Gasteiger partial charge in [-0.15, -0.1) is 0 Å². The van der Waals surface area contributed by atoms with E-state index in [4.69, 9.17) is 0 Å². The van der Waals surface area contributed by atoms with Crippen molar-refractivity contribution in [2.75, 3.05) is 0 Å². The third-order valence-corrected chi connectivity index (χ3v) is 2.93. The summed E-state index contributed by atoms with van der Waals surface area (Å²) in [5.41, 5.74) is 1.40. The maximum absolute atomic E-state index is 11.3. The van der Waals surface area contributed by atoms with Gasteiger partial charge in [0.2, 0.25) is 0 Å². The fourth-order valence-corrected chi connectivity index (χ4v) is 2.27. The lowest BCUT2D eigenvalue weighted by molar-refractivity contribution is -0.120. The predicted molar refractivity (Wildman–Crippen MR) is 44.1 cm³/mol. The summed E-state index contributed by atoms with van der Waals surface area (Å²) in [6, 6.07) is 0. The number of hydrogen-bond acceptors (Lipinski definition) is 1. The lowest BCUT2D eigenvalue weighted by atomic mass is 9.72. The molecular weight excluding hydrogens is 136 g/mol. The Hall–Kier alpha value is -0.590. The molecule has 0 bridgehead atoms. The summed E-state index contributed by atoms with van der Waals surface area (Å²) < 4.78 is 0. The topological polar surface area (TPSA) is 17.1 Å². The zero-order valence-corrected chi connectivity index (χ0v) is 7.13. The van der Waals surface area contributed by atoms with Gasteiger partial charge in [0.1, 0.15) is 5.78 Å². The molecule has 0 radical (unpaired) electrons. The van der Waals surface area contributed by atoms with Crippen LogP contribution < -0.4 is 0 Å². The van der Waals surface area contributed by atoms with Gasteiger partial charge in [-0.3, -0.25) is 4.79 Å². The van der Waals surface area contributed by atoms with Gasteiger partial charge >= 0.3 is 0 Å². The number of carbonyl (C=O) groups excluding carboxylic acids is 1. The van der Waals surface area contributed by atoms with E-state index in [9.17, 15) is 4.79 Å². The Labute approximate surface area is 67.5 Å². The molecule has 0 heterocycles. The van der Waals surface area contributed by atoms with E-state index in [1.54, 1.807) is 0 Å². The van der Waals surface area contributed by atoms with E-state index in [0.29, 0.717) is 23.5 Å². The van der Waals surface area contributed by atoms with E-state index >= 15 is 0 Å². The summed E-state index contributed by atoms with van der Waals surface area (Å²) in [5.74, 6) is 2.04. The molecule has 1 saturated carbocycles. The molecule has 2 aliphatic carbocycles. The van der Waals surface area contributed by atoms with Crippen molar-refractivity contribution >= 4 is 5.78 Å². The van der Waals surface area contributed by atoms with Crippen LogP contribution in [0.2, 0.25) is 0 Å². The highest BCUT2D eigenvalue weighted by Crippen LogP contribution is 2.46. The number of carbonyl (C=O) groups is 1. The smallest absolute Gasteiger partial charge is 0.140 e. The third kappa shape index (κ3) is 0.867. The van der Waals surface area contributed by atoms with Crippen LogP contribution in [-0.2, 0) is 4.79 Å². The average molecular weight is 150 g/mol. The highest BCUT2D eigenvalue weighted by molar-refractivity contribution is 5.88. The second-order valence-corrected chi connectivity index (χ2v) is 3.97. The van der Waals surface area contributed by atoms with Crippen molar-refractivity contribution in [2.24, 2.45) is 17.8 Å². The van der Waals surface area contributed by atoms with Gasteiger partial charge in [0.25, 0.3) is 0 Å². The van der Waals surface area contributed by atoms with Crippen LogP contribution in [0.5, 0.6) is 0 Å². The summed E-state index contributed by atoms with van der Waals surface area (Å²) >= 11 is 0. The number of fused-ring (bicyclic) bond motifs is 1. The minimum absolute atomic E-state index is 0.343. The molecule has 11 heavy (non-hydrogen) atoms. The predicted octanol–water partition coefficient (Wildman–Crippen LogP) is 2.18. The zero-order valence-electron chi connectivity index (χ0n) is 7.13. The SMILES string of the molecule is CC(C)C1=CC2CCC(=O)C12. The summed E-state index contributed by atoms with van der Waals surface area (Å²) in [4.78, 5) is 11.3. The number of hydrogen-bond donors (Lipinski definition) is 0. The molecule has 0 aromatic carbocycles. The summed E-state index contributed by atoms with van der Waals surface area (Å²) in [6.07, 6.45) is 4.24. The quantitative estimate of drug-likeness (QED) is 0.523. The van der Waals surface area contributed by atoms with Crippen LogP contribution in [-0.4, -0.2) is 5.78 Å². The van der Waals surface area contributed by atoms with Crippen LogP contribution in [0.3, 0.4) is 0 Å². The number of Topliss-reactive ketones (excluding diaryl/α,β-unsaturated/α-hetero) is 1. The van der Waals surface area contributed by atoms with Gasteiger partial charge in [0, 0.05) is 12.3 Å². The van der Waals surface area contributed by atoms with Crippen LogP contribution in [0.4, 0.5) is 0 Å². The van der Waals surface area contributed by atoms with Crippen molar-refractivity contribution in [1.82, 2.24) is 0 Å². The van der Waals surface area contributed by atoms with Crippen LogP contribution in [0.1, 0.15) is 26.7 Å². The maximum atomic E-state index is 11.3. The molecule has 2 unspecified atom stereocenters. The van der Waals surface area contributed by atoms with E-state index < -0.39 is 0 Å². The number of ketones is 1. The largest absolute Gasteiger partial charge is 0.299 e. The lowest BCUT2D eigenvalue weighted by Gasteiger charge is -2.31. The molecule has 0 spiro atoms. The van der Waals surface area contributed by atoms with Gasteiger partial charge in [-0.2, -0.15) is 0 Å². The molecular formula is C10H14O. The van der Waals surface area contributed by atoms with Crippen LogP contribution in [0.25, 0.3) is 0 Å². The Morgan fingerprint density at radius 3 is 2.82 bits per heavy atom. The number of rotatable bonds is 1.